The highest BCUT2D eigenvalue weighted by atomic mass is 16.5. The van der Waals surface area contributed by atoms with Gasteiger partial charge in [0.1, 0.15) is 0 Å². The van der Waals surface area contributed by atoms with Gasteiger partial charge in [0.05, 0.1) is 13.7 Å². The minimum atomic E-state index is 0.473. The standard InChI is InChI=1S/C15H23NO2/c1-5-6-13-7-12(9-16)8-14(17-4)15(13)18-10-11(2)3/h5,7-8,11H,1,6,9-10,16H2,2-4H3. The molecule has 0 bridgehead atoms. The van der Waals surface area contributed by atoms with Crippen LogP contribution in [0, 0.1) is 5.92 Å². The van der Waals surface area contributed by atoms with Crippen LogP contribution in [0.4, 0.5) is 0 Å². The van der Waals surface area contributed by atoms with Gasteiger partial charge in [0, 0.05) is 12.1 Å². The first-order valence-corrected chi connectivity index (χ1v) is 6.25. The van der Waals surface area contributed by atoms with E-state index in [4.69, 9.17) is 15.2 Å². The third-order valence-electron chi connectivity index (χ3n) is 2.57. The van der Waals surface area contributed by atoms with Crippen LogP contribution in [0.5, 0.6) is 11.5 Å². The molecule has 1 aromatic rings. The first kappa shape index (κ1) is 14.6. The number of benzene rings is 1. The molecule has 100 valence electrons. The van der Waals surface area contributed by atoms with Gasteiger partial charge in [0.2, 0.25) is 0 Å². The second kappa shape index (κ2) is 7.07. The van der Waals surface area contributed by atoms with E-state index in [0.29, 0.717) is 19.1 Å². The fourth-order valence-corrected chi connectivity index (χ4v) is 1.71. The summed E-state index contributed by atoms with van der Waals surface area (Å²) in [4.78, 5) is 0. The van der Waals surface area contributed by atoms with Crippen molar-refractivity contribution in [1.29, 1.82) is 0 Å². The molecule has 1 rings (SSSR count). The van der Waals surface area contributed by atoms with Crippen molar-refractivity contribution in [2.75, 3.05) is 13.7 Å². The lowest BCUT2D eigenvalue weighted by Gasteiger charge is -2.17. The highest BCUT2D eigenvalue weighted by Crippen LogP contribution is 2.33. The Hall–Kier alpha value is -1.48. The smallest absolute Gasteiger partial charge is 0.164 e. The van der Waals surface area contributed by atoms with Crippen molar-refractivity contribution in [3.63, 3.8) is 0 Å². The Morgan fingerprint density at radius 1 is 1.39 bits per heavy atom. The fraction of sp³-hybridized carbons (Fsp3) is 0.467. The first-order valence-electron chi connectivity index (χ1n) is 6.25. The van der Waals surface area contributed by atoms with Crippen molar-refractivity contribution < 1.29 is 9.47 Å². The molecule has 0 aliphatic carbocycles. The van der Waals surface area contributed by atoms with Crippen LogP contribution in [0.2, 0.25) is 0 Å². The highest BCUT2D eigenvalue weighted by Gasteiger charge is 2.12. The minimum absolute atomic E-state index is 0.473. The molecule has 0 amide bonds. The predicted octanol–water partition coefficient (Wildman–Crippen LogP) is 2.92. The van der Waals surface area contributed by atoms with Gasteiger partial charge < -0.3 is 15.2 Å². The van der Waals surface area contributed by atoms with Gasteiger partial charge in [-0.15, -0.1) is 6.58 Å². The van der Waals surface area contributed by atoms with Gasteiger partial charge in [-0.3, -0.25) is 0 Å². The zero-order valence-corrected chi connectivity index (χ0v) is 11.5. The van der Waals surface area contributed by atoms with Gasteiger partial charge in [-0.2, -0.15) is 0 Å². The van der Waals surface area contributed by atoms with Crippen molar-refractivity contribution in [2.45, 2.75) is 26.8 Å². The molecule has 0 saturated carbocycles. The van der Waals surface area contributed by atoms with Gasteiger partial charge in [-0.1, -0.05) is 26.0 Å². The molecule has 3 heteroatoms. The van der Waals surface area contributed by atoms with Crippen LogP contribution in [0.15, 0.2) is 24.8 Å². The lowest BCUT2D eigenvalue weighted by molar-refractivity contribution is 0.254. The molecule has 18 heavy (non-hydrogen) atoms. The molecule has 0 aliphatic rings. The Labute approximate surface area is 110 Å². The predicted molar refractivity (Wildman–Crippen MR) is 75.1 cm³/mol. The van der Waals surface area contributed by atoms with Crippen molar-refractivity contribution in [3.8, 4) is 11.5 Å². The fourth-order valence-electron chi connectivity index (χ4n) is 1.71. The van der Waals surface area contributed by atoms with E-state index >= 15 is 0 Å². The largest absolute Gasteiger partial charge is 0.493 e. The molecule has 0 fully saturated rings. The molecular weight excluding hydrogens is 226 g/mol. The third kappa shape index (κ3) is 3.77. The van der Waals surface area contributed by atoms with E-state index in [9.17, 15) is 0 Å². The van der Waals surface area contributed by atoms with E-state index < -0.39 is 0 Å². The molecule has 0 aliphatic heterocycles. The lowest BCUT2D eigenvalue weighted by atomic mass is 10.1. The van der Waals surface area contributed by atoms with E-state index in [0.717, 1.165) is 29.0 Å². The summed E-state index contributed by atoms with van der Waals surface area (Å²) in [5.41, 5.74) is 7.81. The van der Waals surface area contributed by atoms with Gasteiger partial charge >= 0.3 is 0 Å². The summed E-state index contributed by atoms with van der Waals surface area (Å²) in [6.07, 6.45) is 2.61. The summed E-state index contributed by atoms with van der Waals surface area (Å²) in [6, 6.07) is 3.99. The molecular formula is C15H23NO2. The van der Waals surface area contributed by atoms with Crippen LogP contribution in [-0.2, 0) is 13.0 Å². The maximum atomic E-state index is 5.86. The summed E-state index contributed by atoms with van der Waals surface area (Å²) in [5, 5.41) is 0. The van der Waals surface area contributed by atoms with Crippen molar-refractivity contribution >= 4 is 0 Å². The van der Waals surface area contributed by atoms with Gasteiger partial charge in [-0.25, -0.2) is 0 Å². The zero-order chi connectivity index (χ0) is 13.5. The maximum Gasteiger partial charge on any atom is 0.164 e. The Kier molecular flexibility index (Phi) is 5.72. The molecule has 3 nitrogen and oxygen atoms in total. The van der Waals surface area contributed by atoms with Gasteiger partial charge in [0.25, 0.3) is 0 Å². The second-order valence-electron chi connectivity index (χ2n) is 4.69. The Morgan fingerprint density at radius 2 is 2.11 bits per heavy atom. The van der Waals surface area contributed by atoms with Crippen LogP contribution in [0.1, 0.15) is 25.0 Å². The third-order valence-corrected chi connectivity index (χ3v) is 2.57. The molecule has 0 saturated heterocycles. The summed E-state index contributed by atoms with van der Waals surface area (Å²) in [6.45, 7) is 9.17. The number of rotatable bonds is 7. The Morgan fingerprint density at radius 3 is 2.61 bits per heavy atom. The molecule has 0 unspecified atom stereocenters. The molecule has 0 heterocycles. The average Bonchev–Trinajstić information content (AvgIpc) is 2.36. The van der Waals surface area contributed by atoms with Crippen LogP contribution < -0.4 is 15.2 Å². The summed E-state index contributed by atoms with van der Waals surface area (Å²) < 4.78 is 11.3. The summed E-state index contributed by atoms with van der Waals surface area (Å²) in [7, 11) is 1.65. The Bertz CT molecular complexity index is 400. The molecule has 2 N–H and O–H groups in total. The first-order chi connectivity index (χ1) is 8.62. The normalized spacial score (nSPS) is 10.5. The number of ether oxygens (including phenoxy) is 2. The van der Waals surface area contributed by atoms with Crippen LogP contribution in [-0.4, -0.2) is 13.7 Å². The monoisotopic (exact) mass is 249 g/mol. The van der Waals surface area contributed by atoms with Crippen molar-refractivity contribution in [3.05, 3.63) is 35.9 Å². The number of allylic oxidation sites excluding steroid dienone is 1. The highest BCUT2D eigenvalue weighted by molar-refractivity contribution is 5.50. The maximum absolute atomic E-state index is 5.86. The van der Waals surface area contributed by atoms with E-state index in [1.54, 1.807) is 7.11 Å². The van der Waals surface area contributed by atoms with Gasteiger partial charge in [-0.05, 0) is 24.0 Å². The van der Waals surface area contributed by atoms with Gasteiger partial charge in [0.15, 0.2) is 11.5 Å². The van der Waals surface area contributed by atoms with Crippen LogP contribution in [0.3, 0.4) is 0 Å². The number of hydrogen-bond donors (Lipinski definition) is 1. The van der Waals surface area contributed by atoms with Crippen LogP contribution >= 0.6 is 0 Å². The second-order valence-corrected chi connectivity index (χ2v) is 4.69. The quantitative estimate of drug-likeness (QED) is 0.756. The number of methoxy groups -OCH3 is 1. The Balaban J connectivity index is 3.12. The topological polar surface area (TPSA) is 44.5 Å². The zero-order valence-electron chi connectivity index (χ0n) is 11.5. The summed E-state index contributed by atoms with van der Waals surface area (Å²) >= 11 is 0. The summed E-state index contributed by atoms with van der Waals surface area (Å²) in [5.74, 6) is 2.03. The molecule has 0 radical (unpaired) electrons. The van der Waals surface area contributed by atoms with Crippen molar-refractivity contribution in [1.82, 2.24) is 0 Å². The van der Waals surface area contributed by atoms with E-state index in [2.05, 4.69) is 26.5 Å². The van der Waals surface area contributed by atoms with E-state index in [1.165, 1.54) is 0 Å². The SMILES string of the molecule is C=CCc1cc(CN)cc(OC)c1OCC(C)C. The average molecular weight is 249 g/mol. The number of nitrogens with two attached hydrogens (primary N) is 1. The lowest BCUT2D eigenvalue weighted by Crippen LogP contribution is -2.08. The minimum Gasteiger partial charge on any atom is -0.493 e. The molecule has 0 aromatic heterocycles. The number of hydrogen-bond acceptors (Lipinski definition) is 3. The molecule has 0 spiro atoms. The molecule has 1 aromatic carbocycles. The molecule has 0 atom stereocenters. The van der Waals surface area contributed by atoms with Crippen molar-refractivity contribution in [2.24, 2.45) is 11.7 Å². The van der Waals surface area contributed by atoms with E-state index in [1.807, 2.05) is 12.1 Å². The van der Waals surface area contributed by atoms with E-state index in [-0.39, 0.29) is 0 Å². The van der Waals surface area contributed by atoms with Crippen LogP contribution in [0.25, 0.3) is 0 Å².